The van der Waals surface area contributed by atoms with E-state index >= 15 is 0 Å². The lowest BCUT2D eigenvalue weighted by molar-refractivity contribution is -0.153. The highest BCUT2D eigenvalue weighted by Crippen LogP contribution is 2.31. The number of alkyl halides is 1. The van der Waals surface area contributed by atoms with Crippen LogP contribution in [-0.4, -0.2) is 22.2 Å². The summed E-state index contributed by atoms with van der Waals surface area (Å²) in [6, 6.07) is 0. The first-order chi connectivity index (χ1) is 6.43. The molecule has 0 saturated heterocycles. The number of rotatable bonds is 3. The molecule has 0 aromatic carbocycles. The van der Waals surface area contributed by atoms with Crippen molar-refractivity contribution in [3.63, 3.8) is 0 Å². The van der Waals surface area contributed by atoms with Crippen LogP contribution in [0.3, 0.4) is 0 Å². The van der Waals surface area contributed by atoms with Crippen LogP contribution in [0.15, 0.2) is 23.3 Å². The third kappa shape index (κ3) is 3.01. The molecule has 0 amide bonds. The highest BCUT2D eigenvalue weighted by atomic mass is 35.5. The zero-order valence-corrected chi connectivity index (χ0v) is 9.05. The number of aliphatic carboxylic acids is 1. The number of allylic oxidation sites excluding steroid dienone is 2. The Morgan fingerprint density at radius 1 is 1.79 bits per heavy atom. The second-order valence-corrected chi connectivity index (χ2v) is 4.09. The van der Waals surface area contributed by atoms with Crippen LogP contribution in [0.5, 0.6) is 0 Å². The van der Waals surface area contributed by atoms with Gasteiger partial charge in [-0.25, -0.2) is 4.79 Å². The minimum atomic E-state index is -1.09. The number of carboxylic acid groups (broad SMARTS) is 1. The summed E-state index contributed by atoms with van der Waals surface area (Å²) in [5.41, 5.74) is 0. The molecule has 0 aromatic rings. The quantitative estimate of drug-likeness (QED) is 0.767. The number of carbonyl (C=O) groups is 1. The van der Waals surface area contributed by atoms with Gasteiger partial charge in [-0.05, 0) is 19.1 Å². The molecule has 0 fully saturated rings. The lowest BCUT2D eigenvalue weighted by Gasteiger charge is -2.26. The molecule has 0 bridgehead atoms. The number of ether oxygens (including phenoxy) is 1. The molecule has 0 heterocycles. The smallest absolute Gasteiger partial charge is 0.332 e. The molecule has 0 spiro atoms. The number of hydrogen-bond donors (Lipinski definition) is 1. The van der Waals surface area contributed by atoms with Crippen molar-refractivity contribution in [2.45, 2.75) is 24.5 Å². The van der Waals surface area contributed by atoms with Crippen molar-refractivity contribution in [2.75, 3.05) is 0 Å². The van der Waals surface area contributed by atoms with Crippen molar-refractivity contribution >= 4 is 29.2 Å². The fourth-order valence-electron chi connectivity index (χ4n) is 1.01. The summed E-state index contributed by atoms with van der Waals surface area (Å²) >= 11 is 11.7. The van der Waals surface area contributed by atoms with Crippen molar-refractivity contribution in [1.29, 1.82) is 0 Å². The number of halogens is 2. The Bertz CT molecular complexity index is 298. The molecule has 1 aliphatic rings. The molecular weight excluding hydrogens is 227 g/mol. The topological polar surface area (TPSA) is 46.5 Å². The second kappa shape index (κ2) is 4.34. The van der Waals surface area contributed by atoms with Crippen molar-refractivity contribution in [3.8, 4) is 0 Å². The van der Waals surface area contributed by atoms with Gasteiger partial charge in [0.05, 0.1) is 0 Å². The van der Waals surface area contributed by atoms with Crippen molar-refractivity contribution in [3.05, 3.63) is 23.3 Å². The summed E-state index contributed by atoms with van der Waals surface area (Å²) in [7, 11) is 0. The highest BCUT2D eigenvalue weighted by molar-refractivity contribution is 6.32. The van der Waals surface area contributed by atoms with Crippen LogP contribution in [0, 0.1) is 0 Å². The largest absolute Gasteiger partial charge is 0.479 e. The van der Waals surface area contributed by atoms with E-state index in [1.807, 2.05) is 0 Å². The maximum Gasteiger partial charge on any atom is 0.332 e. The van der Waals surface area contributed by atoms with Gasteiger partial charge in [-0.2, -0.15) is 0 Å². The Kier molecular flexibility index (Phi) is 3.59. The van der Waals surface area contributed by atoms with E-state index in [1.165, 1.54) is 6.92 Å². The van der Waals surface area contributed by atoms with Crippen LogP contribution in [0.4, 0.5) is 0 Å². The van der Waals surface area contributed by atoms with Crippen molar-refractivity contribution < 1.29 is 14.6 Å². The fraction of sp³-hybridized carbons (Fsp3) is 0.444. The van der Waals surface area contributed by atoms with E-state index in [9.17, 15) is 4.79 Å². The van der Waals surface area contributed by atoms with E-state index in [-0.39, 0.29) is 0 Å². The second-order valence-electron chi connectivity index (χ2n) is 3.01. The SMILES string of the molecule is CC(OC1(Cl)C=CC(Cl)=CC1)C(=O)O. The predicted molar refractivity (Wildman–Crippen MR) is 54.5 cm³/mol. The lowest BCUT2D eigenvalue weighted by atomic mass is 10.1. The zero-order valence-electron chi connectivity index (χ0n) is 7.54. The number of carboxylic acids is 1. The first-order valence-electron chi connectivity index (χ1n) is 4.07. The Balaban J connectivity index is 2.61. The van der Waals surface area contributed by atoms with Gasteiger partial charge in [0.2, 0.25) is 0 Å². The summed E-state index contributed by atoms with van der Waals surface area (Å²) in [5, 5.41) is 8.12. The standard InChI is InChI=1S/C9H10Cl2O3/c1-6(8(12)13)14-9(11)4-2-7(10)3-5-9/h2-4,6H,5H2,1H3,(H,12,13). The summed E-state index contributed by atoms with van der Waals surface area (Å²) < 4.78 is 5.16. The first-order valence-corrected chi connectivity index (χ1v) is 4.83. The predicted octanol–water partition coefficient (Wildman–Crippen LogP) is 2.49. The molecule has 1 rings (SSSR count). The van der Waals surface area contributed by atoms with Gasteiger partial charge >= 0.3 is 5.97 Å². The van der Waals surface area contributed by atoms with Gasteiger partial charge in [0, 0.05) is 11.5 Å². The minimum Gasteiger partial charge on any atom is -0.479 e. The molecule has 2 atom stereocenters. The molecular formula is C9H10Cl2O3. The Morgan fingerprint density at radius 2 is 2.43 bits per heavy atom. The molecule has 5 heteroatoms. The molecule has 2 unspecified atom stereocenters. The minimum absolute atomic E-state index is 0.363. The molecule has 1 aliphatic carbocycles. The van der Waals surface area contributed by atoms with Crippen LogP contribution < -0.4 is 0 Å². The van der Waals surface area contributed by atoms with Gasteiger partial charge in [0.25, 0.3) is 0 Å². The van der Waals surface area contributed by atoms with Gasteiger partial charge < -0.3 is 9.84 Å². The van der Waals surface area contributed by atoms with Crippen LogP contribution in [-0.2, 0) is 9.53 Å². The highest BCUT2D eigenvalue weighted by Gasteiger charge is 2.30. The molecule has 0 radical (unpaired) electrons. The molecule has 0 aliphatic heterocycles. The van der Waals surface area contributed by atoms with Crippen LogP contribution in [0.25, 0.3) is 0 Å². The fourth-order valence-corrected chi connectivity index (χ4v) is 1.42. The molecule has 0 saturated carbocycles. The van der Waals surface area contributed by atoms with E-state index in [0.717, 1.165) is 0 Å². The van der Waals surface area contributed by atoms with Crippen LogP contribution >= 0.6 is 23.2 Å². The van der Waals surface area contributed by atoms with Crippen LogP contribution in [0.2, 0.25) is 0 Å². The molecule has 78 valence electrons. The molecule has 1 N–H and O–H groups in total. The van der Waals surface area contributed by atoms with E-state index in [4.69, 9.17) is 33.0 Å². The summed E-state index contributed by atoms with van der Waals surface area (Å²) in [5.74, 6) is -1.04. The van der Waals surface area contributed by atoms with Crippen LogP contribution in [0.1, 0.15) is 13.3 Å². The van der Waals surface area contributed by atoms with Gasteiger partial charge in [-0.15, -0.1) is 0 Å². The van der Waals surface area contributed by atoms with Gasteiger partial charge in [-0.3, -0.25) is 0 Å². The van der Waals surface area contributed by atoms with Crippen molar-refractivity contribution in [1.82, 2.24) is 0 Å². The Morgan fingerprint density at radius 3 is 2.86 bits per heavy atom. The first kappa shape index (κ1) is 11.6. The normalized spacial score (nSPS) is 28.4. The van der Waals surface area contributed by atoms with E-state index in [2.05, 4.69) is 0 Å². The van der Waals surface area contributed by atoms with Gasteiger partial charge in [-0.1, -0.05) is 29.3 Å². The van der Waals surface area contributed by atoms with Gasteiger partial charge in [0.1, 0.15) is 0 Å². The van der Waals surface area contributed by atoms with E-state index in [0.29, 0.717) is 11.5 Å². The van der Waals surface area contributed by atoms with E-state index in [1.54, 1.807) is 18.2 Å². The Labute approximate surface area is 91.9 Å². The average molecular weight is 237 g/mol. The Hall–Kier alpha value is -0.510. The number of hydrogen-bond acceptors (Lipinski definition) is 2. The zero-order chi connectivity index (χ0) is 10.8. The molecule has 14 heavy (non-hydrogen) atoms. The maximum absolute atomic E-state index is 10.5. The third-order valence-electron chi connectivity index (χ3n) is 1.79. The lowest BCUT2D eigenvalue weighted by Crippen LogP contribution is -2.32. The summed E-state index contributed by atoms with van der Waals surface area (Å²) in [4.78, 5) is 10.5. The summed E-state index contributed by atoms with van der Waals surface area (Å²) in [6.07, 6.45) is 4.25. The monoisotopic (exact) mass is 236 g/mol. The van der Waals surface area contributed by atoms with E-state index < -0.39 is 17.1 Å². The summed E-state index contributed by atoms with van der Waals surface area (Å²) in [6.45, 7) is 1.43. The average Bonchev–Trinajstić information content (AvgIpc) is 2.10. The molecule has 0 aromatic heterocycles. The third-order valence-corrected chi connectivity index (χ3v) is 2.44. The van der Waals surface area contributed by atoms with Crippen molar-refractivity contribution in [2.24, 2.45) is 0 Å². The molecule has 3 nitrogen and oxygen atoms in total. The van der Waals surface area contributed by atoms with Gasteiger partial charge in [0.15, 0.2) is 11.2 Å². The maximum atomic E-state index is 10.5.